The first-order valence-electron chi connectivity index (χ1n) is 5.21. The van der Waals surface area contributed by atoms with Crippen LogP contribution >= 0.6 is 0 Å². The van der Waals surface area contributed by atoms with Gasteiger partial charge >= 0.3 is 0 Å². The van der Waals surface area contributed by atoms with E-state index in [2.05, 4.69) is 20.2 Å². The van der Waals surface area contributed by atoms with Crippen molar-refractivity contribution in [3.8, 4) is 0 Å². The van der Waals surface area contributed by atoms with Gasteiger partial charge < -0.3 is 4.98 Å². The van der Waals surface area contributed by atoms with E-state index >= 15 is 0 Å². The number of aromatic nitrogens is 4. The summed E-state index contributed by atoms with van der Waals surface area (Å²) in [7, 11) is -1.74. The van der Waals surface area contributed by atoms with Crippen LogP contribution in [-0.4, -0.2) is 52.7 Å². The topological polar surface area (TPSA) is 112 Å². The Balaban J connectivity index is 2.20. The Hall–Kier alpha value is -1.74. The SMILES string of the molecule is CN(CCc1nc2cn[nH]c2c(=O)[nH]1)S(C)(=O)=O. The number of nitrogens with zero attached hydrogens (tertiary/aromatic N) is 3. The van der Waals surface area contributed by atoms with E-state index in [9.17, 15) is 13.2 Å². The van der Waals surface area contributed by atoms with E-state index in [0.29, 0.717) is 23.3 Å². The number of likely N-dealkylation sites (N-methyl/N-ethyl adjacent to an activating group) is 1. The first-order valence-corrected chi connectivity index (χ1v) is 7.06. The number of fused-ring (bicyclic) bond motifs is 1. The van der Waals surface area contributed by atoms with E-state index in [-0.39, 0.29) is 12.1 Å². The quantitative estimate of drug-likeness (QED) is 0.747. The Labute approximate surface area is 103 Å². The second kappa shape index (κ2) is 4.50. The van der Waals surface area contributed by atoms with Gasteiger partial charge in [0.1, 0.15) is 16.9 Å². The van der Waals surface area contributed by atoms with Crippen LogP contribution in [0, 0.1) is 0 Å². The van der Waals surface area contributed by atoms with Crippen molar-refractivity contribution in [2.75, 3.05) is 19.8 Å². The van der Waals surface area contributed by atoms with Crippen LogP contribution in [0.25, 0.3) is 11.0 Å². The zero-order valence-electron chi connectivity index (χ0n) is 9.97. The number of H-pyrrole nitrogens is 2. The van der Waals surface area contributed by atoms with Crippen molar-refractivity contribution in [2.24, 2.45) is 0 Å². The first-order chi connectivity index (χ1) is 8.38. The van der Waals surface area contributed by atoms with Crippen LogP contribution in [0.1, 0.15) is 5.82 Å². The molecule has 18 heavy (non-hydrogen) atoms. The molecule has 0 atom stereocenters. The predicted molar refractivity (Wildman–Crippen MR) is 65.7 cm³/mol. The Morgan fingerprint density at radius 1 is 1.44 bits per heavy atom. The van der Waals surface area contributed by atoms with E-state index in [0.717, 1.165) is 6.26 Å². The summed E-state index contributed by atoms with van der Waals surface area (Å²) in [6.45, 7) is 0.255. The standard InChI is InChI=1S/C9H13N5O3S/c1-14(18(2,16)17)4-3-7-11-6-5-10-13-8(6)9(15)12-7/h5H,3-4H2,1-2H3,(H,10,13)(H,11,12,15). The maximum atomic E-state index is 11.6. The van der Waals surface area contributed by atoms with Gasteiger partial charge in [-0.05, 0) is 0 Å². The van der Waals surface area contributed by atoms with Crippen LogP contribution in [0.2, 0.25) is 0 Å². The average Bonchev–Trinajstić information content (AvgIpc) is 2.73. The number of hydrogen-bond acceptors (Lipinski definition) is 5. The van der Waals surface area contributed by atoms with Gasteiger partial charge in [-0.3, -0.25) is 9.89 Å². The third kappa shape index (κ3) is 2.57. The zero-order chi connectivity index (χ0) is 13.3. The molecule has 2 heterocycles. The summed E-state index contributed by atoms with van der Waals surface area (Å²) in [4.78, 5) is 18.4. The van der Waals surface area contributed by atoms with E-state index in [1.54, 1.807) is 0 Å². The monoisotopic (exact) mass is 271 g/mol. The van der Waals surface area contributed by atoms with Gasteiger partial charge in [0.05, 0.1) is 12.5 Å². The third-order valence-electron chi connectivity index (χ3n) is 2.59. The van der Waals surface area contributed by atoms with Gasteiger partial charge in [-0.15, -0.1) is 0 Å². The van der Waals surface area contributed by atoms with Gasteiger partial charge in [-0.2, -0.15) is 5.10 Å². The summed E-state index contributed by atoms with van der Waals surface area (Å²) in [5, 5.41) is 6.27. The molecule has 2 N–H and O–H groups in total. The summed E-state index contributed by atoms with van der Waals surface area (Å²) in [6.07, 6.45) is 2.91. The summed E-state index contributed by atoms with van der Waals surface area (Å²) < 4.78 is 23.6. The Bertz CT molecular complexity index is 717. The van der Waals surface area contributed by atoms with Gasteiger partial charge in [0, 0.05) is 20.0 Å². The molecular weight excluding hydrogens is 258 g/mol. The van der Waals surface area contributed by atoms with E-state index in [1.807, 2.05) is 0 Å². The molecule has 0 spiro atoms. The predicted octanol–water partition coefficient (Wildman–Crippen LogP) is -0.920. The molecule has 8 nitrogen and oxygen atoms in total. The number of hydrogen-bond donors (Lipinski definition) is 2. The van der Waals surface area contributed by atoms with Crippen molar-refractivity contribution < 1.29 is 8.42 Å². The molecule has 2 aromatic heterocycles. The highest BCUT2D eigenvalue weighted by Gasteiger charge is 2.12. The van der Waals surface area contributed by atoms with Crippen LogP contribution in [0.4, 0.5) is 0 Å². The van der Waals surface area contributed by atoms with E-state index < -0.39 is 10.0 Å². The lowest BCUT2D eigenvalue weighted by molar-refractivity contribution is 0.474. The molecule has 0 aliphatic rings. The van der Waals surface area contributed by atoms with E-state index in [1.165, 1.54) is 17.5 Å². The highest BCUT2D eigenvalue weighted by atomic mass is 32.2. The third-order valence-corrected chi connectivity index (χ3v) is 3.90. The van der Waals surface area contributed by atoms with Crippen LogP contribution in [-0.2, 0) is 16.4 Å². The molecule has 0 saturated carbocycles. The van der Waals surface area contributed by atoms with Gasteiger partial charge in [0.2, 0.25) is 10.0 Å². The van der Waals surface area contributed by atoms with Crippen LogP contribution in [0.5, 0.6) is 0 Å². The molecule has 0 saturated heterocycles. The van der Waals surface area contributed by atoms with Gasteiger partial charge in [0.15, 0.2) is 0 Å². The maximum absolute atomic E-state index is 11.6. The minimum absolute atomic E-state index is 0.255. The van der Waals surface area contributed by atoms with Gasteiger partial charge in [0.25, 0.3) is 5.56 Å². The maximum Gasteiger partial charge on any atom is 0.276 e. The summed E-state index contributed by atoms with van der Waals surface area (Å²) in [6, 6.07) is 0. The average molecular weight is 271 g/mol. The fourth-order valence-electron chi connectivity index (χ4n) is 1.45. The number of aromatic amines is 2. The van der Waals surface area contributed by atoms with Crippen molar-refractivity contribution in [1.29, 1.82) is 0 Å². The molecular formula is C9H13N5O3S. The largest absolute Gasteiger partial charge is 0.309 e. The van der Waals surface area contributed by atoms with Crippen molar-refractivity contribution in [2.45, 2.75) is 6.42 Å². The lowest BCUT2D eigenvalue weighted by atomic mass is 10.3. The zero-order valence-corrected chi connectivity index (χ0v) is 10.8. The number of rotatable bonds is 4. The van der Waals surface area contributed by atoms with Gasteiger partial charge in [-0.25, -0.2) is 17.7 Å². The Morgan fingerprint density at radius 3 is 2.83 bits per heavy atom. The van der Waals surface area contributed by atoms with Crippen LogP contribution in [0.3, 0.4) is 0 Å². The molecule has 2 aromatic rings. The molecule has 0 aromatic carbocycles. The molecule has 0 aliphatic carbocycles. The number of nitrogens with one attached hydrogen (secondary N) is 2. The Kier molecular flexibility index (Phi) is 3.18. The molecule has 2 rings (SSSR count). The molecule has 0 fully saturated rings. The minimum Gasteiger partial charge on any atom is -0.309 e. The normalized spacial score (nSPS) is 12.4. The van der Waals surface area contributed by atoms with Crippen LogP contribution in [0.15, 0.2) is 11.0 Å². The van der Waals surface area contributed by atoms with Crippen molar-refractivity contribution in [3.05, 3.63) is 22.4 Å². The van der Waals surface area contributed by atoms with E-state index in [4.69, 9.17) is 0 Å². The molecule has 98 valence electrons. The lowest BCUT2D eigenvalue weighted by Crippen LogP contribution is -2.28. The summed E-state index contributed by atoms with van der Waals surface area (Å²) in [5.41, 5.74) is 0.473. The minimum atomic E-state index is -3.22. The summed E-state index contributed by atoms with van der Waals surface area (Å²) in [5.74, 6) is 0.435. The first kappa shape index (κ1) is 12.7. The smallest absolute Gasteiger partial charge is 0.276 e. The second-order valence-electron chi connectivity index (χ2n) is 3.98. The van der Waals surface area contributed by atoms with Crippen molar-refractivity contribution in [1.82, 2.24) is 24.5 Å². The fourth-order valence-corrected chi connectivity index (χ4v) is 1.87. The highest BCUT2D eigenvalue weighted by Crippen LogP contribution is 2.02. The summed E-state index contributed by atoms with van der Waals surface area (Å²) >= 11 is 0. The van der Waals surface area contributed by atoms with Gasteiger partial charge in [-0.1, -0.05) is 0 Å². The molecule has 0 amide bonds. The van der Waals surface area contributed by atoms with Crippen LogP contribution < -0.4 is 5.56 Å². The molecule has 0 aliphatic heterocycles. The molecule has 0 bridgehead atoms. The number of sulfonamides is 1. The second-order valence-corrected chi connectivity index (χ2v) is 6.07. The molecule has 0 unspecified atom stereocenters. The lowest BCUT2D eigenvalue weighted by Gasteiger charge is -2.12. The molecule has 9 heteroatoms. The molecule has 0 radical (unpaired) electrons. The highest BCUT2D eigenvalue weighted by molar-refractivity contribution is 7.88. The Morgan fingerprint density at radius 2 is 2.17 bits per heavy atom. The fraction of sp³-hybridized carbons (Fsp3) is 0.444. The van der Waals surface area contributed by atoms with Crippen molar-refractivity contribution in [3.63, 3.8) is 0 Å². The van der Waals surface area contributed by atoms with Crippen molar-refractivity contribution >= 4 is 21.1 Å².